The van der Waals surface area contributed by atoms with Crippen molar-refractivity contribution in [1.29, 1.82) is 0 Å². The zero-order valence-corrected chi connectivity index (χ0v) is 28.9. The van der Waals surface area contributed by atoms with Gasteiger partial charge in [0.2, 0.25) is 0 Å². The second-order valence-corrected chi connectivity index (χ2v) is 13.8. The molecule has 0 bridgehead atoms. The second-order valence-electron chi connectivity index (χ2n) is 13.8. The van der Waals surface area contributed by atoms with Crippen molar-refractivity contribution in [3.05, 3.63) is 147 Å². The second kappa shape index (κ2) is 11.2. The van der Waals surface area contributed by atoms with Crippen LogP contribution in [0.1, 0.15) is 76.2 Å². The molecule has 9 heteroatoms. The van der Waals surface area contributed by atoms with E-state index in [0.717, 1.165) is 61.7 Å². The predicted octanol–water partition coefficient (Wildman–Crippen LogP) is 9.48. The van der Waals surface area contributed by atoms with Gasteiger partial charge in [0.25, 0.3) is 23.6 Å². The van der Waals surface area contributed by atoms with E-state index < -0.39 is 35.2 Å². The Bertz CT molecular complexity index is 2620. The third-order valence-electron chi connectivity index (χ3n) is 11.0. The van der Waals surface area contributed by atoms with Crippen LogP contribution in [0.3, 0.4) is 0 Å². The van der Waals surface area contributed by atoms with E-state index in [-0.39, 0.29) is 33.4 Å². The van der Waals surface area contributed by atoms with Crippen LogP contribution in [0, 0.1) is 20.8 Å². The molecule has 0 aromatic heterocycles. The Labute approximate surface area is 297 Å². The van der Waals surface area contributed by atoms with Crippen LogP contribution in [0.15, 0.2) is 97.1 Å². The number of anilines is 1. The number of alkyl halides is 3. The first kappa shape index (κ1) is 33.1. The predicted molar refractivity (Wildman–Crippen MR) is 194 cm³/mol. The van der Waals surface area contributed by atoms with E-state index in [1.165, 1.54) is 36.9 Å². The third-order valence-corrected chi connectivity index (χ3v) is 11.0. The SMILES string of the molecule is Cc1cc(-c2cc(C)c(N3C(=O)c4ccc(C(C)(c5ccc6c(c5)C(=O)N(C)C6=O)C(F)(F)F)cc4C3=O)c3ccccc23)c2ccccc2c1C. The van der Waals surface area contributed by atoms with Crippen molar-refractivity contribution < 1.29 is 32.3 Å². The Morgan fingerprint density at radius 3 is 1.52 bits per heavy atom. The van der Waals surface area contributed by atoms with Gasteiger partial charge in [0.1, 0.15) is 5.41 Å². The summed E-state index contributed by atoms with van der Waals surface area (Å²) in [7, 11) is 1.27. The number of fused-ring (bicyclic) bond motifs is 4. The highest BCUT2D eigenvalue weighted by Gasteiger charge is 2.55. The zero-order valence-electron chi connectivity index (χ0n) is 28.9. The number of hydrogen-bond acceptors (Lipinski definition) is 4. The summed E-state index contributed by atoms with van der Waals surface area (Å²) in [6.07, 6.45) is -4.89. The van der Waals surface area contributed by atoms with E-state index in [2.05, 4.69) is 32.0 Å². The molecule has 0 saturated heterocycles. The monoisotopic (exact) mass is 696 g/mol. The van der Waals surface area contributed by atoms with Gasteiger partial charge in [0, 0.05) is 12.4 Å². The van der Waals surface area contributed by atoms with Gasteiger partial charge in [-0.05, 0) is 113 Å². The number of benzene rings is 6. The van der Waals surface area contributed by atoms with Crippen LogP contribution in [0.2, 0.25) is 0 Å². The molecule has 0 saturated carbocycles. The fourth-order valence-corrected chi connectivity index (χ4v) is 7.82. The van der Waals surface area contributed by atoms with Crippen molar-refractivity contribution in [2.24, 2.45) is 0 Å². The Kier molecular flexibility index (Phi) is 7.13. The van der Waals surface area contributed by atoms with Crippen LogP contribution >= 0.6 is 0 Å². The highest BCUT2D eigenvalue weighted by atomic mass is 19.4. The van der Waals surface area contributed by atoms with E-state index in [9.17, 15) is 19.2 Å². The van der Waals surface area contributed by atoms with E-state index in [1.807, 2.05) is 49.4 Å². The molecular weight excluding hydrogens is 665 g/mol. The number of hydrogen-bond donors (Lipinski definition) is 0. The maximum atomic E-state index is 15.2. The molecule has 2 aliphatic heterocycles. The van der Waals surface area contributed by atoms with Gasteiger partial charge in [-0.1, -0.05) is 66.7 Å². The van der Waals surface area contributed by atoms with Crippen LogP contribution < -0.4 is 4.90 Å². The van der Waals surface area contributed by atoms with Crippen LogP contribution in [-0.4, -0.2) is 41.8 Å². The van der Waals surface area contributed by atoms with E-state index in [1.54, 1.807) is 0 Å². The van der Waals surface area contributed by atoms with Gasteiger partial charge >= 0.3 is 6.18 Å². The van der Waals surface area contributed by atoms with E-state index in [4.69, 9.17) is 0 Å². The molecule has 2 aliphatic rings. The lowest BCUT2D eigenvalue weighted by Crippen LogP contribution is -2.41. The summed E-state index contributed by atoms with van der Waals surface area (Å²) < 4.78 is 45.5. The highest BCUT2D eigenvalue weighted by Crippen LogP contribution is 2.49. The van der Waals surface area contributed by atoms with Gasteiger partial charge in [-0.2, -0.15) is 13.2 Å². The first-order valence-corrected chi connectivity index (χ1v) is 16.7. The number of aryl methyl sites for hydroxylation is 3. The number of amides is 4. The van der Waals surface area contributed by atoms with Crippen molar-refractivity contribution in [1.82, 2.24) is 4.90 Å². The fourth-order valence-electron chi connectivity index (χ4n) is 7.82. The molecule has 2 heterocycles. The largest absolute Gasteiger partial charge is 0.402 e. The van der Waals surface area contributed by atoms with Gasteiger partial charge in [-0.15, -0.1) is 0 Å². The molecule has 52 heavy (non-hydrogen) atoms. The molecule has 1 unspecified atom stereocenters. The van der Waals surface area contributed by atoms with Gasteiger partial charge in [0.15, 0.2) is 0 Å². The molecule has 6 aromatic carbocycles. The maximum absolute atomic E-state index is 15.2. The van der Waals surface area contributed by atoms with E-state index >= 15 is 13.2 Å². The number of imide groups is 2. The van der Waals surface area contributed by atoms with Crippen molar-refractivity contribution in [3.63, 3.8) is 0 Å². The van der Waals surface area contributed by atoms with Gasteiger partial charge in [-0.25, -0.2) is 4.90 Å². The molecule has 0 aliphatic carbocycles. The smallest absolute Gasteiger partial charge is 0.277 e. The molecule has 4 amide bonds. The minimum absolute atomic E-state index is 0.0117. The quantitative estimate of drug-likeness (QED) is 0.172. The molecule has 0 fully saturated rings. The lowest BCUT2D eigenvalue weighted by molar-refractivity contribution is -0.173. The van der Waals surface area contributed by atoms with E-state index in [0.29, 0.717) is 16.6 Å². The van der Waals surface area contributed by atoms with Gasteiger partial charge in [0.05, 0.1) is 27.9 Å². The summed E-state index contributed by atoms with van der Waals surface area (Å²) in [4.78, 5) is 55.5. The standard InChI is InChI=1S/C43H31F3N2O4/c1-22-18-33(28-11-7-6-10-27(28)24(22)3)34-19-23(2)37(30-13-9-8-12-29(30)34)48-40(51)32-17-15-26(21-36(32)41(48)52)42(4,43(44,45)46)25-14-16-31-35(20-25)39(50)47(5)38(31)49/h6-21H,1-5H3. The molecule has 0 N–H and O–H groups in total. The van der Waals surface area contributed by atoms with Crippen LogP contribution in [0.25, 0.3) is 32.7 Å². The molecule has 0 spiro atoms. The molecule has 6 aromatic rings. The lowest BCUT2D eigenvalue weighted by Gasteiger charge is -2.33. The van der Waals surface area contributed by atoms with Crippen LogP contribution in [0.5, 0.6) is 0 Å². The van der Waals surface area contributed by atoms with Crippen molar-refractivity contribution in [2.45, 2.75) is 39.3 Å². The number of rotatable bonds is 4. The highest BCUT2D eigenvalue weighted by molar-refractivity contribution is 6.36. The first-order valence-electron chi connectivity index (χ1n) is 16.7. The van der Waals surface area contributed by atoms with Crippen LogP contribution in [0.4, 0.5) is 18.9 Å². The first-order chi connectivity index (χ1) is 24.6. The van der Waals surface area contributed by atoms with Crippen molar-refractivity contribution in [3.8, 4) is 11.1 Å². The molecule has 1 atom stereocenters. The van der Waals surface area contributed by atoms with Gasteiger partial charge < -0.3 is 0 Å². The lowest BCUT2D eigenvalue weighted by atomic mass is 9.74. The topological polar surface area (TPSA) is 74.8 Å². The molecule has 0 radical (unpaired) electrons. The van der Waals surface area contributed by atoms with Gasteiger partial charge in [-0.3, -0.25) is 24.1 Å². The zero-order chi connectivity index (χ0) is 37.0. The summed E-state index contributed by atoms with van der Waals surface area (Å²) in [5, 5.41) is 3.65. The average Bonchev–Trinajstić information content (AvgIpc) is 3.50. The normalized spacial score (nSPS) is 15.5. The molecular formula is C43H31F3N2O4. The van der Waals surface area contributed by atoms with Crippen molar-refractivity contribution >= 4 is 50.9 Å². The Hall–Kier alpha value is -6.09. The summed E-state index contributed by atoms with van der Waals surface area (Å²) in [5.41, 5.74) is 1.71. The Morgan fingerprint density at radius 1 is 0.500 bits per heavy atom. The minimum atomic E-state index is -4.89. The fraction of sp³-hybridized carbons (Fsp3) is 0.163. The number of carbonyl (C=O) groups excluding carboxylic acids is 4. The number of halogens is 3. The molecule has 6 nitrogen and oxygen atoms in total. The summed E-state index contributed by atoms with van der Waals surface area (Å²) in [6, 6.07) is 26.8. The Morgan fingerprint density at radius 2 is 0.942 bits per heavy atom. The molecule has 8 rings (SSSR count). The third kappa shape index (κ3) is 4.44. The maximum Gasteiger partial charge on any atom is 0.402 e. The Balaban J connectivity index is 1.26. The number of nitrogens with zero attached hydrogens (tertiary/aromatic N) is 2. The molecule has 258 valence electrons. The summed E-state index contributed by atoms with van der Waals surface area (Å²) >= 11 is 0. The number of carbonyl (C=O) groups is 4. The minimum Gasteiger partial charge on any atom is -0.277 e. The summed E-state index contributed by atoms with van der Waals surface area (Å²) in [5.74, 6) is -2.67. The van der Waals surface area contributed by atoms with Crippen molar-refractivity contribution in [2.75, 3.05) is 11.9 Å². The van der Waals surface area contributed by atoms with Crippen LogP contribution in [-0.2, 0) is 5.41 Å². The summed E-state index contributed by atoms with van der Waals surface area (Å²) in [6.45, 7) is 6.94. The average molecular weight is 697 g/mol.